The second kappa shape index (κ2) is 4.04. The van der Waals surface area contributed by atoms with E-state index < -0.39 is 0 Å². The van der Waals surface area contributed by atoms with E-state index in [1.54, 1.807) is 6.20 Å². The van der Waals surface area contributed by atoms with E-state index in [1.807, 2.05) is 31.2 Å². The number of rotatable bonds is 3. The molecule has 0 unspecified atom stereocenters. The van der Waals surface area contributed by atoms with Crippen LogP contribution in [-0.4, -0.2) is 5.16 Å². The number of nitrogens with one attached hydrogen (secondary N) is 1. The highest BCUT2D eigenvalue weighted by Gasteiger charge is 2.00. The molecule has 0 aliphatic heterocycles. The van der Waals surface area contributed by atoms with Crippen LogP contribution in [0.5, 0.6) is 0 Å². The smallest absolute Gasteiger partial charge is 0.155 e. The lowest BCUT2D eigenvalue weighted by Gasteiger charge is -2.08. The van der Waals surface area contributed by atoms with Crippen molar-refractivity contribution in [2.75, 3.05) is 11.1 Å². The number of nitrogens with two attached hydrogens (primary N) is 1. The van der Waals surface area contributed by atoms with Gasteiger partial charge in [-0.3, -0.25) is 0 Å². The molecule has 1 aromatic carbocycles. The molecule has 1 aromatic heterocycles. The number of hydrogen-bond acceptors (Lipinski definition) is 4. The Morgan fingerprint density at radius 3 is 3.00 bits per heavy atom. The zero-order chi connectivity index (χ0) is 10.7. The fraction of sp³-hybridized carbons (Fsp3) is 0.182. The zero-order valence-electron chi connectivity index (χ0n) is 8.53. The van der Waals surface area contributed by atoms with Gasteiger partial charge in [-0.25, -0.2) is 0 Å². The molecule has 0 saturated heterocycles. The van der Waals surface area contributed by atoms with Crippen molar-refractivity contribution in [3.05, 3.63) is 41.8 Å². The van der Waals surface area contributed by atoms with E-state index in [2.05, 4.69) is 10.5 Å². The van der Waals surface area contributed by atoms with Crippen molar-refractivity contribution in [3.63, 3.8) is 0 Å². The fourth-order valence-corrected chi connectivity index (χ4v) is 1.34. The van der Waals surface area contributed by atoms with Gasteiger partial charge in [0.05, 0.1) is 24.1 Å². The summed E-state index contributed by atoms with van der Waals surface area (Å²) in [6.45, 7) is 2.62. The van der Waals surface area contributed by atoms with Crippen molar-refractivity contribution >= 4 is 11.4 Å². The summed E-state index contributed by atoms with van der Waals surface area (Å²) >= 11 is 0. The Hall–Kier alpha value is -1.97. The largest absolute Gasteiger partial charge is 0.397 e. The summed E-state index contributed by atoms with van der Waals surface area (Å²) in [7, 11) is 0. The first kappa shape index (κ1) is 9.58. The van der Waals surface area contributed by atoms with Crippen molar-refractivity contribution in [2.45, 2.75) is 13.5 Å². The molecule has 0 radical (unpaired) electrons. The molecule has 3 N–H and O–H groups in total. The molecule has 0 spiro atoms. The molecule has 78 valence electrons. The van der Waals surface area contributed by atoms with Crippen LogP contribution in [0, 0.1) is 6.92 Å². The molecule has 0 saturated carbocycles. The molecule has 1 heterocycles. The number of benzene rings is 1. The van der Waals surface area contributed by atoms with E-state index in [1.165, 1.54) is 5.56 Å². The highest BCUT2D eigenvalue weighted by atomic mass is 16.5. The number of aromatic nitrogens is 1. The van der Waals surface area contributed by atoms with Crippen molar-refractivity contribution in [2.24, 2.45) is 0 Å². The lowest BCUT2D eigenvalue weighted by molar-refractivity contribution is 0.388. The van der Waals surface area contributed by atoms with Gasteiger partial charge in [0.1, 0.15) is 0 Å². The minimum atomic E-state index is 0.591. The Labute approximate surface area is 88.1 Å². The van der Waals surface area contributed by atoms with Crippen LogP contribution < -0.4 is 11.1 Å². The van der Waals surface area contributed by atoms with Gasteiger partial charge in [-0.1, -0.05) is 11.2 Å². The molecule has 4 heteroatoms. The SMILES string of the molecule is Cc1ccc(N)c(NCc2ccno2)c1. The van der Waals surface area contributed by atoms with Gasteiger partial charge in [-0.2, -0.15) is 0 Å². The van der Waals surface area contributed by atoms with Crippen LogP contribution in [0.3, 0.4) is 0 Å². The van der Waals surface area contributed by atoms with Gasteiger partial charge in [-0.15, -0.1) is 0 Å². The molecular weight excluding hydrogens is 190 g/mol. The lowest BCUT2D eigenvalue weighted by atomic mass is 10.2. The summed E-state index contributed by atoms with van der Waals surface area (Å²) in [5.74, 6) is 0.788. The van der Waals surface area contributed by atoms with E-state index >= 15 is 0 Å². The average molecular weight is 203 g/mol. The number of anilines is 2. The van der Waals surface area contributed by atoms with Gasteiger partial charge < -0.3 is 15.6 Å². The summed E-state index contributed by atoms with van der Waals surface area (Å²) < 4.78 is 4.97. The highest BCUT2D eigenvalue weighted by molar-refractivity contribution is 5.66. The molecule has 0 aliphatic carbocycles. The van der Waals surface area contributed by atoms with Crippen LogP contribution in [0.25, 0.3) is 0 Å². The normalized spacial score (nSPS) is 10.2. The maximum Gasteiger partial charge on any atom is 0.155 e. The van der Waals surface area contributed by atoms with E-state index in [-0.39, 0.29) is 0 Å². The summed E-state index contributed by atoms with van der Waals surface area (Å²) in [4.78, 5) is 0. The van der Waals surface area contributed by atoms with Gasteiger partial charge >= 0.3 is 0 Å². The molecule has 0 aliphatic rings. The monoisotopic (exact) mass is 203 g/mol. The van der Waals surface area contributed by atoms with Crippen molar-refractivity contribution in [3.8, 4) is 0 Å². The predicted molar refractivity (Wildman–Crippen MR) is 59.4 cm³/mol. The minimum absolute atomic E-state index is 0.591. The zero-order valence-corrected chi connectivity index (χ0v) is 8.53. The number of hydrogen-bond donors (Lipinski definition) is 2. The van der Waals surface area contributed by atoms with Gasteiger partial charge in [0.25, 0.3) is 0 Å². The molecule has 0 bridgehead atoms. The molecule has 0 fully saturated rings. The van der Waals surface area contributed by atoms with Gasteiger partial charge in [0.2, 0.25) is 0 Å². The standard InChI is InChI=1S/C11H13N3O/c1-8-2-3-10(12)11(6-8)13-7-9-4-5-14-15-9/h2-6,13H,7,12H2,1H3. The van der Waals surface area contributed by atoms with Gasteiger partial charge in [-0.05, 0) is 24.6 Å². The van der Waals surface area contributed by atoms with Crippen LogP contribution >= 0.6 is 0 Å². The predicted octanol–water partition coefficient (Wildman–Crippen LogP) is 2.18. The Kier molecular flexibility index (Phi) is 2.58. The summed E-state index contributed by atoms with van der Waals surface area (Å²) in [5.41, 5.74) is 8.65. The topological polar surface area (TPSA) is 64.1 Å². The average Bonchev–Trinajstić information content (AvgIpc) is 2.72. The van der Waals surface area contributed by atoms with Crippen molar-refractivity contribution in [1.29, 1.82) is 0 Å². The van der Waals surface area contributed by atoms with Crippen LogP contribution in [0.15, 0.2) is 35.0 Å². The molecule has 2 aromatic rings. The highest BCUT2D eigenvalue weighted by Crippen LogP contribution is 2.20. The van der Waals surface area contributed by atoms with E-state index in [9.17, 15) is 0 Å². The van der Waals surface area contributed by atoms with Crippen LogP contribution in [0.1, 0.15) is 11.3 Å². The van der Waals surface area contributed by atoms with E-state index in [0.717, 1.165) is 17.1 Å². The molecular formula is C11H13N3O. The number of aryl methyl sites for hydroxylation is 1. The minimum Gasteiger partial charge on any atom is -0.397 e. The first-order valence-corrected chi connectivity index (χ1v) is 4.75. The molecule has 0 atom stereocenters. The van der Waals surface area contributed by atoms with E-state index in [0.29, 0.717) is 6.54 Å². The molecule has 4 nitrogen and oxygen atoms in total. The Bertz CT molecular complexity index is 437. The Morgan fingerprint density at radius 1 is 1.40 bits per heavy atom. The van der Waals surface area contributed by atoms with Crippen LogP contribution in [0.4, 0.5) is 11.4 Å². The lowest BCUT2D eigenvalue weighted by Crippen LogP contribution is -2.01. The van der Waals surface area contributed by atoms with Crippen LogP contribution in [-0.2, 0) is 6.54 Å². The number of nitrogens with zero attached hydrogens (tertiary/aromatic N) is 1. The second-order valence-electron chi connectivity index (χ2n) is 3.42. The first-order valence-electron chi connectivity index (χ1n) is 4.75. The third-order valence-electron chi connectivity index (χ3n) is 2.15. The Morgan fingerprint density at radius 2 is 2.27 bits per heavy atom. The number of nitrogen functional groups attached to an aromatic ring is 1. The molecule has 15 heavy (non-hydrogen) atoms. The van der Waals surface area contributed by atoms with Crippen molar-refractivity contribution in [1.82, 2.24) is 5.16 Å². The quantitative estimate of drug-likeness (QED) is 0.750. The second-order valence-corrected chi connectivity index (χ2v) is 3.42. The van der Waals surface area contributed by atoms with Gasteiger partial charge in [0, 0.05) is 6.07 Å². The Balaban J connectivity index is 2.07. The summed E-state index contributed by atoms with van der Waals surface area (Å²) in [6, 6.07) is 7.69. The van der Waals surface area contributed by atoms with E-state index in [4.69, 9.17) is 10.3 Å². The first-order chi connectivity index (χ1) is 7.25. The van der Waals surface area contributed by atoms with Crippen LogP contribution in [0.2, 0.25) is 0 Å². The maximum absolute atomic E-state index is 5.82. The summed E-state index contributed by atoms with van der Waals surface area (Å²) in [5, 5.41) is 6.83. The summed E-state index contributed by atoms with van der Waals surface area (Å²) in [6.07, 6.45) is 1.62. The third-order valence-corrected chi connectivity index (χ3v) is 2.15. The fourth-order valence-electron chi connectivity index (χ4n) is 1.34. The third kappa shape index (κ3) is 2.28. The molecule has 0 amide bonds. The van der Waals surface area contributed by atoms with Gasteiger partial charge in [0.15, 0.2) is 5.76 Å². The maximum atomic E-state index is 5.82. The van der Waals surface area contributed by atoms with Crippen molar-refractivity contribution < 1.29 is 4.52 Å². The molecule has 2 rings (SSSR count).